The number of hydrogen-bond acceptors (Lipinski definition) is 11. The maximum absolute atomic E-state index is 13.6. The number of allylic oxidation sites excluding steroid dienone is 3. The fourth-order valence-electron chi connectivity index (χ4n) is 4.90. The minimum Gasteiger partial charge on any atom is -0.480 e. The van der Waals surface area contributed by atoms with Gasteiger partial charge in [0.05, 0.1) is 16.0 Å². The molecule has 0 bridgehead atoms. The molecule has 1 saturated heterocycles. The van der Waals surface area contributed by atoms with Crippen LogP contribution in [-0.4, -0.2) is 74.5 Å². The Hall–Kier alpha value is -5.10. The molecule has 0 spiro atoms. The maximum atomic E-state index is 13.6. The van der Waals surface area contributed by atoms with E-state index >= 15 is 0 Å². The van der Waals surface area contributed by atoms with Gasteiger partial charge < -0.3 is 24.6 Å². The number of carboxylic acid groups (broad SMARTS) is 2. The average Bonchev–Trinajstić information content (AvgIpc) is 3.61. The van der Waals surface area contributed by atoms with E-state index in [1.54, 1.807) is 53.5 Å². The molecule has 14 nitrogen and oxygen atoms in total. The van der Waals surface area contributed by atoms with Gasteiger partial charge in [-0.2, -0.15) is 8.42 Å². The molecule has 17 heteroatoms. The maximum Gasteiger partial charge on any atom is 0.323 e. The number of nitrogens with zero attached hydrogens (tertiary/aromatic N) is 3. The summed E-state index contributed by atoms with van der Waals surface area (Å²) in [5.41, 5.74) is 2.03. The van der Waals surface area contributed by atoms with Crippen molar-refractivity contribution >= 4 is 79.8 Å². The predicted molar refractivity (Wildman–Crippen MR) is 179 cm³/mol. The first-order valence-electron chi connectivity index (χ1n) is 14.1. The van der Waals surface area contributed by atoms with Crippen LogP contribution in [0, 0.1) is 6.92 Å². The summed E-state index contributed by atoms with van der Waals surface area (Å²) in [5.74, 6) is -3.70. The number of carbonyl (C=O) groups excluding carboxylic acids is 1. The van der Waals surface area contributed by atoms with Gasteiger partial charge in [0.25, 0.3) is 20.9 Å². The number of benzene rings is 2. The monoisotopic (exact) mass is 713 g/mol. The predicted octanol–water partition coefficient (Wildman–Crippen LogP) is 1.52. The molecule has 2 aliphatic heterocycles. The molecule has 0 saturated carbocycles. The zero-order valence-corrected chi connectivity index (χ0v) is 27.5. The fourth-order valence-corrected chi connectivity index (χ4v) is 6.69. The number of anilines is 1. The number of hydrogen-bond donors (Lipinski definition) is 3. The molecule has 0 unspecified atom stereocenters. The standard InChI is InChI=1S/C31H27N3O11S3/c1-18-8-10-22-21(14-18)32(12-5-13-48(41,42)43)24(44-22)11-9-20(19-6-3-2-4-7-19)15-23-28(39)33(16-25(35)36)30(47-23)27-29(40)34(17-26(37)38)31(46)45-27/h2-4,6-11,14-15H,5,12-13,16-17H2,1H3,(H,35,36)(H,37,38)(H,41,42,43)/b20-9?,23-15?,24-11?,30-27+. The number of aryl methyl sites for hydroxylation is 1. The molecule has 2 aliphatic rings. The lowest BCUT2D eigenvalue weighted by Crippen LogP contribution is -2.36. The van der Waals surface area contributed by atoms with E-state index in [9.17, 15) is 37.3 Å². The molecule has 1 aromatic heterocycles. The van der Waals surface area contributed by atoms with Crippen LogP contribution in [0.2, 0.25) is 0 Å². The normalized spacial score (nSPS) is 17.2. The van der Waals surface area contributed by atoms with Crippen LogP contribution in [0.3, 0.4) is 0 Å². The lowest BCUT2D eigenvalue weighted by molar-refractivity contribution is -0.140. The Morgan fingerprint density at radius 3 is 2.38 bits per heavy atom. The molecule has 1 fully saturated rings. The molecule has 0 radical (unpaired) electrons. The minimum atomic E-state index is -4.19. The van der Waals surface area contributed by atoms with Gasteiger partial charge in [-0.3, -0.25) is 33.2 Å². The van der Waals surface area contributed by atoms with Crippen LogP contribution in [0.5, 0.6) is 5.75 Å². The fraction of sp³-hybridized carbons (Fsp3) is 0.194. The molecular weight excluding hydrogens is 687 g/mol. The summed E-state index contributed by atoms with van der Waals surface area (Å²) < 4.78 is 44.2. The van der Waals surface area contributed by atoms with Gasteiger partial charge in [-0.1, -0.05) is 36.4 Å². The van der Waals surface area contributed by atoms with Crippen molar-refractivity contribution in [2.24, 2.45) is 0 Å². The highest BCUT2D eigenvalue weighted by Gasteiger charge is 2.37. The molecule has 2 aromatic carbocycles. The van der Waals surface area contributed by atoms with E-state index in [0.29, 0.717) is 33.4 Å². The van der Waals surface area contributed by atoms with Gasteiger partial charge in [-0.25, -0.2) is 0 Å². The molecule has 1 amide bonds. The van der Waals surface area contributed by atoms with E-state index < -0.39 is 63.3 Å². The lowest BCUT2D eigenvalue weighted by Gasteiger charge is -2.18. The Kier molecular flexibility index (Phi) is 9.95. The summed E-state index contributed by atoms with van der Waals surface area (Å²) in [4.78, 5) is 52.1. The topological polar surface area (TPSA) is 193 Å². The van der Waals surface area contributed by atoms with Gasteiger partial charge >= 0.3 is 17.8 Å². The largest absolute Gasteiger partial charge is 0.480 e. The summed E-state index contributed by atoms with van der Waals surface area (Å²) >= 11 is 5.78. The number of aliphatic carboxylic acids is 2. The number of aromatic nitrogens is 1. The zero-order chi connectivity index (χ0) is 34.7. The molecule has 5 rings (SSSR count). The van der Waals surface area contributed by atoms with Crippen molar-refractivity contribution in [3.8, 4) is 5.75 Å². The van der Waals surface area contributed by atoms with E-state index in [1.165, 1.54) is 6.08 Å². The van der Waals surface area contributed by atoms with E-state index in [4.69, 9.17) is 26.8 Å². The third-order valence-corrected chi connectivity index (χ3v) is 9.23. The summed E-state index contributed by atoms with van der Waals surface area (Å²) in [6.07, 6.45) is 4.89. The second-order valence-corrected chi connectivity index (χ2v) is 13.5. The van der Waals surface area contributed by atoms with Crippen molar-refractivity contribution in [3.05, 3.63) is 97.2 Å². The highest BCUT2D eigenvalue weighted by Crippen LogP contribution is 2.39. The van der Waals surface area contributed by atoms with Crippen molar-refractivity contribution in [1.82, 2.24) is 9.47 Å². The number of amides is 1. The first kappa shape index (κ1) is 34.2. The Balaban J connectivity index is 1.64. The average molecular weight is 714 g/mol. The Morgan fingerprint density at radius 2 is 1.71 bits per heavy atom. The van der Waals surface area contributed by atoms with Gasteiger partial charge in [0.2, 0.25) is 11.6 Å². The quantitative estimate of drug-likeness (QED) is 0.192. The van der Waals surface area contributed by atoms with Crippen LogP contribution in [0.4, 0.5) is 5.69 Å². The van der Waals surface area contributed by atoms with Crippen LogP contribution in [0.1, 0.15) is 17.5 Å². The van der Waals surface area contributed by atoms with Crippen LogP contribution in [-0.2, 0) is 35.8 Å². The van der Waals surface area contributed by atoms with E-state index in [2.05, 4.69) is 0 Å². The Labute approximate surface area is 282 Å². The Bertz CT molecular complexity index is 2190. The van der Waals surface area contributed by atoms with E-state index in [-0.39, 0.29) is 22.2 Å². The molecule has 48 heavy (non-hydrogen) atoms. The third kappa shape index (κ3) is 7.71. The first-order chi connectivity index (χ1) is 22.7. The second-order valence-electron chi connectivity index (χ2n) is 10.5. The molecule has 250 valence electrons. The minimum absolute atomic E-state index is 0.0301. The molecule has 0 atom stereocenters. The second kappa shape index (κ2) is 13.9. The van der Waals surface area contributed by atoms with Crippen molar-refractivity contribution < 1.29 is 47.0 Å². The smallest absolute Gasteiger partial charge is 0.323 e. The Morgan fingerprint density at radius 1 is 1.00 bits per heavy atom. The SMILES string of the molecule is Cc1ccc2c(c1)N(CCCS(=O)(=O)O)C(=CC=C(C=c1s/c(=C3/OC(=S)N(CC(=O)O)C3=O)n(CC(=O)O)c1=O)c1ccccc1)O2. The highest BCUT2D eigenvalue weighted by atomic mass is 32.2. The molecule has 3 heterocycles. The number of thiazole rings is 1. The van der Waals surface area contributed by atoms with Crippen molar-refractivity contribution in [2.75, 3.05) is 23.7 Å². The number of ether oxygens (including phenoxy) is 2. The molecule has 3 N–H and O–H groups in total. The number of fused-ring (bicyclic) bond motifs is 1. The van der Waals surface area contributed by atoms with Crippen LogP contribution in [0.25, 0.3) is 17.4 Å². The van der Waals surface area contributed by atoms with Gasteiger partial charge in [-0.05, 0) is 72.6 Å². The van der Waals surface area contributed by atoms with Crippen molar-refractivity contribution in [2.45, 2.75) is 19.9 Å². The van der Waals surface area contributed by atoms with E-state index in [1.807, 2.05) is 19.1 Å². The van der Waals surface area contributed by atoms with Gasteiger partial charge in [0.15, 0.2) is 5.75 Å². The van der Waals surface area contributed by atoms with Gasteiger partial charge in [0, 0.05) is 6.54 Å². The third-order valence-electron chi connectivity index (χ3n) is 7.01. The molecular formula is C31H27N3O11S3. The van der Waals surface area contributed by atoms with Crippen LogP contribution < -0.4 is 24.4 Å². The molecule has 3 aromatic rings. The number of carbonyl (C=O) groups is 3. The number of carboxylic acids is 2. The lowest BCUT2D eigenvalue weighted by atomic mass is 10.1. The van der Waals surface area contributed by atoms with Crippen LogP contribution in [0.15, 0.2) is 71.4 Å². The highest BCUT2D eigenvalue weighted by molar-refractivity contribution is 7.85. The summed E-state index contributed by atoms with van der Waals surface area (Å²) in [6.45, 7) is 0.486. The summed E-state index contributed by atoms with van der Waals surface area (Å²) in [6, 6.07) is 14.4. The van der Waals surface area contributed by atoms with Crippen molar-refractivity contribution in [3.63, 3.8) is 0 Å². The summed E-state index contributed by atoms with van der Waals surface area (Å²) in [7, 11) is -4.19. The van der Waals surface area contributed by atoms with Gasteiger partial charge in [-0.15, -0.1) is 11.3 Å². The van der Waals surface area contributed by atoms with Crippen LogP contribution >= 0.6 is 23.6 Å². The van der Waals surface area contributed by atoms with Gasteiger partial charge in [0.1, 0.15) is 17.8 Å². The number of thiocarbonyl (C=S) groups is 1. The van der Waals surface area contributed by atoms with E-state index in [0.717, 1.165) is 21.5 Å². The zero-order valence-electron chi connectivity index (χ0n) is 25.1. The number of rotatable bonds is 11. The first-order valence-corrected chi connectivity index (χ1v) is 17.0. The summed E-state index contributed by atoms with van der Waals surface area (Å²) in [5, 5.41) is 18.3. The van der Waals surface area contributed by atoms with Crippen molar-refractivity contribution in [1.29, 1.82) is 0 Å². The molecule has 0 aliphatic carbocycles.